The highest BCUT2D eigenvalue weighted by atomic mass is 16.5. The zero-order valence-corrected chi connectivity index (χ0v) is 12.0. The van der Waals surface area contributed by atoms with Gasteiger partial charge in [-0.25, -0.2) is 19.2 Å². The molecule has 0 aromatic heterocycles. The number of amides is 4. The number of rotatable bonds is 10. The topological polar surface area (TPSA) is 163 Å². The second-order valence-corrected chi connectivity index (χ2v) is 3.96. The van der Waals surface area contributed by atoms with Gasteiger partial charge in [-0.3, -0.25) is 0 Å². The molecule has 0 unspecified atom stereocenters. The molecule has 0 aromatic carbocycles. The van der Waals surface area contributed by atoms with E-state index in [4.69, 9.17) is 20.9 Å². The quantitative estimate of drug-likeness (QED) is 0.223. The average Bonchev–Trinajstić information content (AvgIpc) is 2.43. The van der Waals surface area contributed by atoms with Crippen molar-refractivity contribution in [3.63, 3.8) is 0 Å². The summed E-state index contributed by atoms with van der Waals surface area (Å²) in [6.07, 6.45) is 2.68. The molecule has 0 saturated heterocycles. The van der Waals surface area contributed by atoms with Gasteiger partial charge in [0.05, 0.1) is 13.2 Å². The van der Waals surface area contributed by atoms with Crippen LogP contribution >= 0.6 is 0 Å². The first kappa shape index (κ1) is 19.2. The Kier molecular flexibility index (Phi) is 10.5. The largest absolute Gasteiger partial charge is 0.462 e. The molecule has 0 fully saturated rings. The normalized spacial score (nSPS) is 10.0. The smallest absolute Gasteiger partial charge is 0.331 e. The minimum atomic E-state index is -0.702. The number of urea groups is 2. The molecule has 0 aliphatic heterocycles. The number of esters is 2. The van der Waals surface area contributed by atoms with Crippen LogP contribution in [0.5, 0.6) is 0 Å². The van der Waals surface area contributed by atoms with Gasteiger partial charge in [-0.05, 0) is 12.8 Å². The molecule has 0 atom stereocenters. The summed E-state index contributed by atoms with van der Waals surface area (Å²) in [6.45, 7) is 0.732. The number of nitrogens with one attached hydrogen (secondary N) is 2. The van der Waals surface area contributed by atoms with Gasteiger partial charge in [0.25, 0.3) is 0 Å². The Hall–Kier alpha value is -2.78. The third-order valence-electron chi connectivity index (χ3n) is 2.08. The van der Waals surface area contributed by atoms with Crippen molar-refractivity contribution in [1.29, 1.82) is 0 Å². The minimum absolute atomic E-state index is 0.0806. The molecule has 0 rings (SSSR count). The fraction of sp³-hybridized carbons (Fsp3) is 0.500. The van der Waals surface area contributed by atoms with E-state index in [0.717, 1.165) is 12.2 Å². The van der Waals surface area contributed by atoms with Crippen molar-refractivity contribution in [2.45, 2.75) is 12.8 Å². The lowest BCUT2D eigenvalue weighted by molar-refractivity contribution is -0.140. The van der Waals surface area contributed by atoms with Gasteiger partial charge < -0.3 is 31.6 Å². The SMILES string of the molecule is NC(=O)NCCCOC(=O)/C=C/C(=O)OCCCNC(N)=O. The first-order chi connectivity index (χ1) is 10.4. The van der Waals surface area contributed by atoms with Crippen LogP contribution in [-0.2, 0) is 19.1 Å². The highest BCUT2D eigenvalue weighted by molar-refractivity contribution is 5.91. The van der Waals surface area contributed by atoms with Gasteiger partial charge in [0, 0.05) is 25.2 Å². The zero-order chi connectivity index (χ0) is 16.8. The Morgan fingerprint density at radius 2 is 1.14 bits per heavy atom. The van der Waals surface area contributed by atoms with Gasteiger partial charge in [0.1, 0.15) is 0 Å². The van der Waals surface area contributed by atoms with Gasteiger partial charge in [0.2, 0.25) is 0 Å². The number of nitrogens with two attached hydrogens (primary N) is 2. The molecule has 0 aliphatic carbocycles. The number of hydrogen-bond donors (Lipinski definition) is 4. The van der Waals surface area contributed by atoms with E-state index in [9.17, 15) is 19.2 Å². The first-order valence-corrected chi connectivity index (χ1v) is 6.50. The Labute approximate surface area is 127 Å². The fourth-order valence-corrected chi connectivity index (χ4v) is 1.15. The molecule has 0 radical (unpaired) electrons. The van der Waals surface area contributed by atoms with Crippen molar-refractivity contribution in [2.24, 2.45) is 11.5 Å². The van der Waals surface area contributed by atoms with Crippen LogP contribution in [0.15, 0.2) is 12.2 Å². The summed E-state index contributed by atoms with van der Waals surface area (Å²) in [7, 11) is 0. The van der Waals surface area contributed by atoms with Crippen molar-refractivity contribution < 1.29 is 28.7 Å². The molecule has 10 heteroatoms. The van der Waals surface area contributed by atoms with E-state index in [1.54, 1.807) is 0 Å². The number of carbonyl (C=O) groups excluding carboxylic acids is 4. The maximum absolute atomic E-state index is 11.2. The number of ether oxygens (including phenoxy) is 2. The molecule has 124 valence electrons. The lowest BCUT2D eigenvalue weighted by Gasteiger charge is -2.03. The molecule has 0 heterocycles. The standard InChI is InChI=1S/C12H20N4O6/c13-11(19)15-5-1-7-21-9(17)3-4-10(18)22-8-2-6-16-12(14)20/h3-4H,1-2,5-8H2,(H3,13,15,19)(H3,14,16,20)/b4-3+. The van der Waals surface area contributed by atoms with E-state index in [0.29, 0.717) is 12.8 Å². The Bertz CT molecular complexity index is 386. The Balaban J connectivity index is 3.63. The van der Waals surface area contributed by atoms with E-state index in [1.807, 2.05) is 0 Å². The monoisotopic (exact) mass is 316 g/mol. The van der Waals surface area contributed by atoms with Gasteiger partial charge in [-0.2, -0.15) is 0 Å². The van der Waals surface area contributed by atoms with Crippen LogP contribution in [0.25, 0.3) is 0 Å². The molecular weight excluding hydrogens is 296 g/mol. The van der Waals surface area contributed by atoms with Gasteiger partial charge in [-0.15, -0.1) is 0 Å². The molecule has 0 aromatic rings. The summed E-state index contributed by atoms with van der Waals surface area (Å²) in [5, 5.41) is 4.66. The van der Waals surface area contributed by atoms with E-state index in [2.05, 4.69) is 10.6 Å². The molecule has 22 heavy (non-hydrogen) atoms. The van der Waals surface area contributed by atoms with E-state index >= 15 is 0 Å². The van der Waals surface area contributed by atoms with Gasteiger partial charge in [-0.1, -0.05) is 0 Å². The molecule has 6 N–H and O–H groups in total. The van der Waals surface area contributed by atoms with Crippen LogP contribution in [0, 0.1) is 0 Å². The van der Waals surface area contributed by atoms with Crippen LogP contribution in [0.1, 0.15) is 12.8 Å². The van der Waals surface area contributed by atoms with Crippen LogP contribution < -0.4 is 22.1 Å². The maximum atomic E-state index is 11.2. The molecule has 10 nitrogen and oxygen atoms in total. The maximum Gasteiger partial charge on any atom is 0.331 e. The highest BCUT2D eigenvalue weighted by Gasteiger charge is 2.01. The van der Waals surface area contributed by atoms with Crippen molar-refractivity contribution >= 4 is 24.0 Å². The van der Waals surface area contributed by atoms with Crippen LogP contribution in [0.3, 0.4) is 0 Å². The summed E-state index contributed by atoms with van der Waals surface area (Å²) in [5.74, 6) is -1.40. The predicted molar refractivity (Wildman–Crippen MR) is 75.5 cm³/mol. The summed E-state index contributed by atoms with van der Waals surface area (Å²) < 4.78 is 9.51. The third-order valence-corrected chi connectivity index (χ3v) is 2.08. The van der Waals surface area contributed by atoms with Gasteiger partial charge >= 0.3 is 24.0 Å². The first-order valence-electron chi connectivity index (χ1n) is 6.50. The van der Waals surface area contributed by atoms with E-state index in [-0.39, 0.29) is 26.3 Å². The molecular formula is C12H20N4O6. The summed E-state index contributed by atoms with van der Waals surface area (Å²) in [6, 6.07) is -1.31. The van der Waals surface area contributed by atoms with Crippen molar-refractivity contribution in [1.82, 2.24) is 10.6 Å². The lowest BCUT2D eigenvalue weighted by atomic mass is 10.4. The molecule has 0 aliphatic rings. The minimum Gasteiger partial charge on any atom is -0.462 e. The summed E-state index contributed by atoms with van der Waals surface area (Å²) >= 11 is 0. The molecule has 4 amide bonds. The lowest BCUT2D eigenvalue weighted by Crippen LogP contribution is -2.30. The third kappa shape index (κ3) is 13.6. The highest BCUT2D eigenvalue weighted by Crippen LogP contribution is 1.89. The fourth-order valence-electron chi connectivity index (χ4n) is 1.15. The molecule has 0 bridgehead atoms. The summed E-state index contributed by atoms with van der Waals surface area (Å²) in [4.78, 5) is 43.1. The Morgan fingerprint density at radius 3 is 1.45 bits per heavy atom. The van der Waals surface area contributed by atoms with Gasteiger partial charge in [0.15, 0.2) is 0 Å². The second kappa shape index (κ2) is 12.0. The molecule has 0 spiro atoms. The zero-order valence-electron chi connectivity index (χ0n) is 12.0. The van der Waals surface area contributed by atoms with E-state index < -0.39 is 24.0 Å². The van der Waals surface area contributed by atoms with Crippen molar-refractivity contribution in [3.05, 3.63) is 12.2 Å². The predicted octanol–water partition coefficient (Wildman–Crippen LogP) is -1.25. The van der Waals surface area contributed by atoms with Crippen molar-refractivity contribution in [3.8, 4) is 0 Å². The van der Waals surface area contributed by atoms with Crippen LogP contribution in [-0.4, -0.2) is 50.3 Å². The second-order valence-electron chi connectivity index (χ2n) is 3.96. The average molecular weight is 316 g/mol. The number of hydrogen-bond acceptors (Lipinski definition) is 6. The van der Waals surface area contributed by atoms with Crippen molar-refractivity contribution in [2.75, 3.05) is 26.3 Å². The summed E-state index contributed by atoms with van der Waals surface area (Å²) in [5.41, 5.74) is 9.68. The number of primary amides is 2. The van der Waals surface area contributed by atoms with Crippen LogP contribution in [0.4, 0.5) is 9.59 Å². The van der Waals surface area contributed by atoms with Crippen LogP contribution in [0.2, 0.25) is 0 Å². The Morgan fingerprint density at radius 1 is 0.773 bits per heavy atom. The van der Waals surface area contributed by atoms with E-state index in [1.165, 1.54) is 0 Å². The number of carbonyl (C=O) groups is 4. The molecule has 0 saturated carbocycles.